The van der Waals surface area contributed by atoms with Gasteiger partial charge in [-0.3, -0.25) is 9.89 Å². The molecular formula is C17H24N2O. The standard InChI is InChI=1S/C17H24N2O/c1-17(2)13-14-5-3-4-6-15(14)16(18-17)7-8-19-9-11-20-12-10-19/h3-6H,7-13H2,1-2H3. The second-order valence-corrected chi connectivity index (χ2v) is 6.41. The highest BCUT2D eigenvalue weighted by molar-refractivity contribution is 6.03. The predicted octanol–water partition coefficient (Wildman–Crippen LogP) is 2.53. The summed E-state index contributed by atoms with van der Waals surface area (Å²) in [6, 6.07) is 8.74. The molecule has 2 aliphatic rings. The van der Waals surface area contributed by atoms with Gasteiger partial charge in [-0.15, -0.1) is 0 Å². The van der Waals surface area contributed by atoms with Gasteiger partial charge in [-0.05, 0) is 31.4 Å². The summed E-state index contributed by atoms with van der Waals surface area (Å²) in [5, 5.41) is 0. The second-order valence-electron chi connectivity index (χ2n) is 6.41. The number of morpholine rings is 1. The van der Waals surface area contributed by atoms with Crippen molar-refractivity contribution in [3.8, 4) is 0 Å². The Morgan fingerprint density at radius 1 is 1.20 bits per heavy atom. The van der Waals surface area contributed by atoms with E-state index in [0.717, 1.165) is 45.7 Å². The maximum absolute atomic E-state index is 5.41. The Bertz CT molecular complexity index is 501. The minimum atomic E-state index is 0.0364. The van der Waals surface area contributed by atoms with Crippen LogP contribution in [0.4, 0.5) is 0 Å². The van der Waals surface area contributed by atoms with Crippen molar-refractivity contribution < 1.29 is 4.74 Å². The number of ether oxygens (including phenoxy) is 1. The number of benzene rings is 1. The van der Waals surface area contributed by atoms with Crippen LogP contribution in [0.5, 0.6) is 0 Å². The smallest absolute Gasteiger partial charge is 0.0596 e. The molecule has 1 aromatic carbocycles. The Morgan fingerprint density at radius 2 is 1.95 bits per heavy atom. The largest absolute Gasteiger partial charge is 0.379 e. The zero-order valence-corrected chi connectivity index (χ0v) is 12.6. The molecule has 0 aromatic heterocycles. The maximum atomic E-state index is 5.41. The summed E-state index contributed by atoms with van der Waals surface area (Å²) < 4.78 is 5.41. The van der Waals surface area contributed by atoms with Gasteiger partial charge in [0.2, 0.25) is 0 Å². The molecule has 0 aliphatic carbocycles. The minimum absolute atomic E-state index is 0.0364. The first kappa shape index (κ1) is 13.8. The number of aliphatic imine (C=N–C) groups is 1. The van der Waals surface area contributed by atoms with Crippen LogP contribution in [0.1, 0.15) is 31.4 Å². The molecule has 1 aromatic rings. The van der Waals surface area contributed by atoms with Crippen molar-refractivity contribution in [3.63, 3.8) is 0 Å². The third-order valence-corrected chi connectivity index (χ3v) is 4.16. The van der Waals surface area contributed by atoms with Gasteiger partial charge in [-0.1, -0.05) is 24.3 Å². The third kappa shape index (κ3) is 3.10. The van der Waals surface area contributed by atoms with Crippen LogP contribution in [0.2, 0.25) is 0 Å². The Hall–Kier alpha value is -1.19. The van der Waals surface area contributed by atoms with E-state index in [1.54, 1.807) is 0 Å². The van der Waals surface area contributed by atoms with Crippen molar-refractivity contribution in [1.29, 1.82) is 0 Å². The van der Waals surface area contributed by atoms with Crippen molar-refractivity contribution in [2.45, 2.75) is 32.2 Å². The number of rotatable bonds is 3. The highest BCUT2D eigenvalue weighted by atomic mass is 16.5. The zero-order valence-electron chi connectivity index (χ0n) is 12.6. The molecule has 20 heavy (non-hydrogen) atoms. The van der Waals surface area contributed by atoms with Gasteiger partial charge in [-0.2, -0.15) is 0 Å². The first-order chi connectivity index (χ1) is 9.64. The van der Waals surface area contributed by atoms with E-state index in [9.17, 15) is 0 Å². The SMILES string of the molecule is CC1(C)Cc2ccccc2C(CCN2CCOCC2)=N1. The molecule has 0 spiro atoms. The molecule has 3 nitrogen and oxygen atoms in total. The van der Waals surface area contributed by atoms with E-state index in [1.165, 1.54) is 16.8 Å². The molecule has 0 amide bonds. The van der Waals surface area contributed by atoms with E-state index in [-0.39, 0.29) is 5.54 Å². The lowest BCUT2D eigenvalue weighted by Gasteiger charge is -2.31. The average Bonchev–Trinajstić information content (AvgIpc) is 2.45. The van der Waals surface area contributed by atoms with Gasteiger partial charge in [0, 0.05) is 31.8 Å². The number of hydrogen-bond donors (Lipinski definition) is 0. The highest BCUT2D eigenvalue weighted by Gasteiger charge is 2.26. The summed E-state index contributed by atoms with van der Waals surface area (Å²) in [6.45, 7) is 9.40. The normalized spacial score (nSPS) is 22.2. The monoisotopic (exact) mass is 272 g/mol. The summed E-state index contributed by atoms with van der Waals surface area (Å²) in [5.74, 6) is 0. The minimum Gasteiger partial charge on any atom is -0.379 e. The van der Waals surface area contributed by atoms with Gasteiger partial charge in [-0.25, -0.2) is 0 Å². The third-order valence-electron chi connectivity index (χ3n) is 4.16. The van der Waals surface area contributed by atoms with Gasteiger partial charge in [0.1, 0.15) is 0 Å². The molecule has 0 N–H and O–H groups in total. The van der Waals surface area contributed by atoms with Crippen LogP contribution in [-0.2, 0) is 11.2 Å². The topological polar surface area (TPSA) is 24.8 Å². The van der Waals surface area contributed by atoms with Crippen LogP contribution >= 0.6 is 0 Å². The summed E-state index contributed by atoms with van der Waals surface area (Å²) in [5.41, 5.74) is 4.13. The number of nitrogens with zero attached hydrogens (tertiary/aromatic N) is 2. The van der Waals surface area contributed by atoms with Crippen LogP contribution in [0, 0.1) is 0 Å². The number of hydrogen-bond acceptors (Lipinski definition) is 3. The zero-order chi connectivity index (χ0) is 14.0. The van der Waals surface area contributed by atoms with Gasteiger partial charge < -0.3 is 4.74 Å². The van der Waals surface area contributed by atoms with Gasteiger partial charge in [0.15, 0.2) is 0 Å². The molecule has 0 unspecified atom stereocenters. The maximum Gasteiger partial charge on any atom is 0.0596 e. The van der Waals surface area contributed by atoms with E-state index in [1.807, 2.05) is 0 Å². The van der Waals surface area contributed by atoms with Crippen LogP contribution < -0.4 is 0 Å². The Balaban J connectivity index is 1.74. The lowest BCUT2D eigenvalue weighted by molar-refractivity contribution is 0.0392. The lowest BCUT2D eigenvalue weighted by Crippen LogP contribution is -2.38. The molecule has 2 heterocycles. The fourth-order valence-corrected chi connectivity index (χ4v) is 3.17. The average molecular weight is 272 g/mol. The van der Waals surface area contributed by atoms with Crippen LogP contribution in [0.25, 0.3) is 0 Å². The van der Waals surface area contributed by atoms with E-state index < -0.39 is 0 Å². The van der Waals surface area contributed by atoms with Gasteiger partial charge >= 0.3 is 0 Å². The van der Waals surface area contributed by atoms with Crippen LogP contribution in [0.15, 0.2) is 29.3 Å². The molecule has 108 valence electrons. The molecule has 1 saturated heterocycles. The van der Waals surface area contributed by atoms with Crippen molar-refractivity contribution in [3.05, 3.63) is 35.4 Å². The molecule has 0 radical (unpaired) electrons. The van der Waals surface area contributed by atoms with Crippen molar-refractivity contribution in [1.82, 2.24) is 4.90 Å². The Morgan fingerprint density at radius 3 is 2.75 bits per heavy atom. The van der Waals surface area contributed by atoms with Gasteiger partial charge in [0.05, 0.1) is 18.8 Å². The van der Waals surface area contributed by atoms with Crippen LogP contribution in [-0.4, -0.2) is 49.0 Å². The summed E-state index contributed by atoms with van der Waals surface area (Å²) >= 11 is 0. The van der Waals surface area contributed by atoms with Crippen molar-refractivity contribution in [2.24, 2.45) is 4.99 Å². The second kappa shape index (κ2) is 5.66. The summed E-state index contributed by atoms with van der Waals surface area (Å²) in [4.78, 5) is 7.48. The lowest BCUT2D eigenvalue weighted by atomic mass is 9.86. The van der Waals surface area contributed by atoms with E-state index in [2.05, 4.69) is 43.0 Å². The molecule has 2 aliphatic heterocycles. The fraction of sp³-hybridized carbons (Fsp3) is 0.588. The molecule has 3 rings (SSSR count). The first-order valence-electron chi connectivity index (χ1n) is 7.61. The van der Waals surface area contributed by atoms with E-state index in [4.69, 9.17) is 9.73 Å². The van der Waals surface area contributed by atoms with E-state index in [0.29, 0.717) is 0 Å². The molecule has 1 fully saturated rings. The summed E-state index contributed by atoms with van der Waals surface area (Å²) in [6.07, 6.45) is 2.09. The molecule has 0 atom stereocenters. The fourth-order valence-electron chi connectivity index (χ4n) is 3.17. The Kier molecular flexibility index (Phi) is 3.90. The van der Waals surface area contributed by atoms with Crippen molar-refractivity contribution >= 4 is 5.71 Å². The molecule has 0 saturated carbocycles. The molecule has 3 heteroatoms. The molecular weight excluding hydrogens is 248 g/mol. The first-order valence-corrected chi connectivity index (χ1v) is 7.61. The Labute approximate surface area is 121 Å². The van der Waals surface area contributed by atoms with E-state index >= 15 is 0 Å². The van der Waals surface area contributed by atoms with Crippen molar-refractivity contribution in [2.75, 3.05) is 32.8 Å². The molecule has 0 bridgehead atoms. The van der Waals surface area contributed by atoms with Gasteiger partial charge in [0.25, 0.3) is 0 Å². The quantitative estimate of drug-likeness (QED) is 0.844. The highest BCUT2D eigenvalue weighted by Crippen LogP contribution is 2.27. The summed E-state index contributed by atoms with van der Waals surface area (Å²) in [7, 11) is 0. The number of fused-ring (bicyclic) bond motifs is 1. The predicted molar refractivity (Wildman–Crippen MR) is 82.6 cm³/mol. The van der Waals surface area contributed by atoms with Crippen LogP contribution in [0.3, 0.4) is 0 Å².